The number of aromatic carboxylic acids is 1. The van der Waals surface area contributed by atoms with Crippen molar-refractivity contribution in [2.45, 2.75) is 44.9 Å². The molecule has 9 heteroatoms. The Balaban J connectivity index is 1.95. The van der Waals surface area contributed by atoms with Gasteiger partial charge < -0.3 is 26.0 Å². The number of hydrogen-bond acceptors (Lipinski definition) is 5. The van der Waals surface area contributed by atoms with Crippen molar-refractivity contribution in [3.05, 3.63) is 94.7 Å². The van der Waals surface area contributed by atoms with E-state index in [-0.39, 0.29) is 40.6 Å². The maximum atomic E-state index is 15.2. The Morgan fingerprint density at radius 2 is 1.38 bits per heavy atom. The van der Waals surface area contributed by atoms with Crippen molar-refractivity contribution in [3.63, 3.8) is 0 Å². The van der Waals surface area contributed by atoms with Crippen LogP contribution in [0, 0.1) is 5.92 Å². The molecule has 2 amide bonds. The van der Waals surface area contributed by atoms with E-state index in [9.17, 15) is 29.7 Å². The van der Waals surface area contributed by atoms with Gasteiger partial charge in [-0.1, -0.05) is 81.3 Å². The highest BCUT2D eigenvalue weighted by atomic mass is 16.4. The second-order valence-electron chi connectivity index (χ2n) is 12.1. The molecular formula is C38H36N2O7. The van der Waals surface area contributed by atoms with Crippen LogP contribution in [-0.2, 0) is 19.8 Å². The van der Waals surface area contributed by atoms with Gasteiger partial charge in [-0.3, -0.25) is 9.59 Å². The Kier molecular flexibility index (Phi) is 8.32. The minimum Gasteiger partial charge on any atom is -0.508 e. The Morgan fingerprint density at radius 1 is 0.745 bits per heavy atom. The molecule has 5 N–H and O–H groups in total. The van der Waals surface area contributed by atoms with Crippen LogP contribution in [0.2, 0.25) is 0 Å². The quantitative estimate of drug-likeness (QED) is 0.0757. The molecule has 0 fully saturated rings. The van der Waals surface area contributed by atoms with Gasteiger partial charge in [0.15, 0.2) is 0 Å². The first-order chi connectivity index (χ1) is 22.7. The van der Waals surface area contributed by atoms with Gasteiger partial charge in [-0.2, -0.15) is 0 Å². The summed E-state index contributed by atoms with van der Waals surface area (Å²) in [5.74, 6) is -6.11. The van der Waals surface area contributed by atoms with Gasteiger partial charge in [-0.15, -0.1) is 0 Å². The lowest BCUT2D eigenvalue weighted by molar-refractivity contribution is -0.136. The summed E-state index contributed by atoms with van der Waals surface area (Å²) in [5, 5.41) is 41.9. The minimum atomic E-state index is -2.03. The van der Waals surface area contributed by atoms with Crippen LogP contribution < -0.4 is 15.9 Å². The van der Waals surface area contributed by atoms with Gasteiger partial charge in [0.2, 0.25) is 11.8 Å². The third-order valence-electron chi connectivity index (χ3n) is 9.33. The Morgan fingerprint density at radius 3 is 2.02 bits per heavy atom. The van der Waals surface area contributed by atoms with E-state index in [4.69, 9.17) is 0 Å². The highest BCUT2D eigenvalue weighted by molar-refractivity contribution is 6.30. The molecule has 47 heavy (non-hydrogen) atoms. The zero-order valence-electron chi connectivity index (χ0n) is 26.2. The minimum absolute atomic E-state index is 0.100. The predicted molar refractivity (Wildman–Crippen MR) is 180 cm³/mol. The second-order valence-corrected chi connectivity index (χ2v) is 12.1. The summed E-state index contributed by atoms with van der Waals surface area (Å²) >= 11 is 0. The second kappa shape index (κ2) is 12.4. The number of rotatable bonds is 11. The predicted octanol–water partition coefficient (Wildman–Crippen LogP) is 5.25. The molecule has 0 spiro atoms. The van der Waals surface area contributed by atoms with Crippen molar-refractivity contribution in [3.8, 4) is 5.75 Å². The van der Waals surface area contributed by atoms with Crippen LogP contribution >= 0.6 is 0 Å². The summed E-state index contributed by atoms with van der Waals surface area (Å²) in [6.45, 7) is 4.40. The van der Waals surface area contributed by atoms with Gasteiger partial charge in [0, 0.05) is 18.3 Å². The lowest BCUT2D eigenvalue weighted by atomic mass is 9.57. The van der Waals surface area contributed by atoms with Crippen LogP contribution in [0.4, 0.5) is 0 Å². The van der Waals surface area contributed by atoms with E-state index in [1.807, 2.05) is 50.2 Å². The van der Waals surface area contributed by atoms with Crippen LogP contribution in [0.25, 0.3) is 37.9 Å². The van der Waals surface area contributed by atoms with E-state index in [1.165, 1.54) is 18.2 Å². The van der Waals surface area contributed by atoms with Crippen molar-refractivity contribution in [2.75, 3.05) is 13.1 Å². The highest BCUT2D eigenvalue weighted by Gasteiger charge is 2.58. The van der Waals surface area contributed by atoms with Crippen molar-refractivity contribution in [2.24, 2.45) is 5.92 Å². The number of aromatic hydroxyl groups is 1. The van der Waals surface area contributed by atoms with Crippen LogP contribution in [0.15, 0.2) is 72.8 Å². The molecule has 6 rings (SSSR count). The average Bonchev–Trinajstić information content (AvgIpc) is 3.05. The number of fused-ring (bicyclic) bond motifs is 2. The fourth-order valence-corrected chi connectivity index (χ4v) is 7.37. The van der Waals surface area contributed by atoms with Gasteiger partial charge in [-0.05, 0) is 74.5 Å². The molecule has 5 aromatic rings. The average molecular weight is 633 g/mol. The van der Waals surface area contributed by atoms with Crippen LogP contribution in [0.3, 0.4) is 0 Å². The molecule has 0 aliphatic heterocycles. The summed E-state index contributed by atoms with van der Waals surface area (Å²) in [6.07, 6.45) is 2.75. The largest absolute Gasteiger partial charge is 0.508 e. The monoisotopic (exact) mass is 632 g/mol. The zero-order valence-corrected chi connectivity index (χ0v) is 26.2. The maximum Gasteiger partial charge on any atom is 0.336 e. The number of carbonyl (C=O) groups is 4. The summed E-state index contributed by atoms with van der Waals surface area (Å²) in [4.78, 5) is 56.2. The summed E-state index contributed by atoms with van der Waals surface area (Å²) in [7, 11) is 0. The third kappa shape index (κ3) is 4.85. The number of carbonyl (C=O) groups excluding carboxylic acids is 2. The molecule has 240 valence electrons. The molecule has 9 nitrogen and oxygen atoms in total. The Labute approximate surface area is 270 Å². The summed E-state index contributed by atoms with van der Waals surface area (Å²) in [6, 6.07) is 20.3. The van der Waals surface area contributed by atoms with Gasteiger partial charge in [0.25, 0.3) is 0 Å². The van der Waals surface area contributed by atoms with Crippen molar-refractivity contribution < 1.29 is 34.5 Å². The molecule has 2 unspecified atom stereocenters. The number of benzene rings is 5. The Hall–Kier alpha value is -5.44. The smallest absolute Gasteiger partial charge is 0.336 e. The fraction of sp³-hybridized carbons (Fsp3) is 0.263. The standard InChI is InChI=1S/C38H36N2O7/c1-3-5-18-39-34(42)33-31(36(45)46)29-27(35(43)44)17-16-25-24-14-7-10-21-11-8-15-26(28(21)24)32(30(25)29)38(33,37(47)40-19-6-4-2)22-12-9-13-23(41)20-22/h7-17,20,33,41H,3-6,18-19H2,1-2H3,(H,39,42)(H,40,47)(H,43,44)(H,45,46). The van der Waals surface area contributed by atoms with Crippen LogP contribution in [0.5, 0.6) is 5.75 Å². The molecule has 0 saturated carbocycles. The van der Waals surface area contributed by atoms with E-state index in [0.29, 0.717) is 29.2 Å². The lowest BCUT2D eigenvalue weighted by Crippen LogP contribution is -2.59. The van der Waals surface area contributed by atoms with Gasteiger partial charge in [0.1, 0.15) is 11.2 Å². The number of carboxylic acids is 2. The molecule has 0 radical (unpaired) electrons. The summed E-state index contributed by atoms with van der Waals surface area (Å²) < 4.78 is 0. The van der Waals surface area contributed by atoms with Gasteiger partial charge in [0.05, 0.1) is 17.1 Å². The third-order valence-corrected chi connectivity index (χ3v) is 9.33. The molecule has 1 aliphatic rings. The van der Waals surface area contributed by atoms with E-state index >= 15 is 4.79 Å². The molecule has 0 bridgehead atoms. The van der Waals surface area contributed by atoms with Crippen LogP contribution in [0.1, 0.15) is 61.0 Å². The molecule has 2 atom stereocenters. The molecule has 1 aliphatic carbocycles. The van der Waals surface area contributed by atoms with E-state index < -0.39 is 40.7 Å². The van der Waals surface area contributed by atoms with Crippen molar-refractivity contribution in [1.82, 2.24) is 10.6 Å². The number of hydrogen-bond donors (Lipinski definition) is 5. The number of phenolic OH excluding ortho intramolecular Hbond substituents is 1. The first kappa shape index (κ1) is 31.5. The molecule has 0 heterocycles. The molecular weight excluding hydrogens is 596 g/mol. The molecule has 0 saturated heterocycles. The maximum absolute atomic E-state index is 15.2. The number of phenols is 1. The van der Waals surface area contributed by atoms with E-state index in [1.54, 1.807) is 18.2 Å². The lowest BCUT2D eigenvalue weighted by Gasteiger charge is -2.44. The van der Waals surface area contributed by atoms with Gasteiger partial charge >= 0.3 is 11.9 Å². The first-order valence-corrected chi connectivity index (χ1v) is 15.9. The summed E-state index contributed by atoms with van der Waals surface area (Å²) in [5.41, 5.74) is -2.26. The van der Waals surface area contributed by atoms with Crippen LogP contribution in [-0.4, -0.2) is 52.2 Å². The topological polar surface area (TPSA) is 153 Å². The number of aliphatic carboxylic acids is 1. The Bertz CT molecular complexity index is 2150. The SMILES string of the molecule is CCCCNC(=O)C1C(C(=O)O)=c2c(C(=O)O)ccc3c2c(c2cccc4cccc3c42)C1(C(=O)NCCCC)c1cccc(O)c1. The first-order valence-electron chi connectivity index (χ1n) is 15.9. The zero-order chi connectivity index (χ0) is 33.5. The van der Waals surface area contributed by atoms with E-state index in [2.05, 4.69) is 10.6 Å². The number of amides is 2. The number of carboxylic acid groups (broad SMARTS) is 2. The molecule has 0 aromatic heterocycles. The normalized spacial score (nSPS) is 17.2. The molecule has 5 aromatic carbocycles. The van der Waals surface area contributed by atoms with Gasteiger partial charge in [-0.25, -0.2) is 9.59 Å². The number of nitrogens with one attached hydrogen (secondary N) is 2. The fourth-order valence-electron chi connectivity index (χ4n) is 7.37. The van der Waals surface area contributed by atoms with Crippen molar-refractivity contribution in [1.29, 1.82) is 0 Å². The highest BCUT2D eigenvalue weighted by Crippen LogP contribution is 2.53. The number of unbranched alkanes of at least 4 members (excludes halogenated alkanes) is 2. The van der Waals surface area contributed by atoms with E-state index in [0.717, 1.165) is 29.0 Å². The van der Waals surface area contributed by atoms with Crippen molar-refractivity contribution >= 4 is 61.6 Å².